The first kappa shape index (κ1) is 14.3. The third-order valence-corrected chi connectivity index (χ3v) is 4.28. The maximum Gasteiger partial charge on any atom is 0.241 e. The number of nitriles is 1. The van der Waals surface area contributed by atoms with E-state index < -0.39 is 16.1 Å². The molecule has 2 rings (SSSR count). The van der Waals surface area contributed by atoms with Crippen molar-refractivity contribution in [2.24, 2.45) is 0 Å². The van der Waals surface area contributed by atoms with Gasteiger partial charge in [-0.25, -0.2) is 8.42 Å². The average molecular weight is 286 g/mol. The van der Waals surface area contributed by atoms with Gasteiger partial charge in [-0.15, -0.1) is 0 Å². The molecule has 5 heteroatoms. The summed E-state index contributed by atoms with van der Waals surface area (Å²) in [6.45, 7) is 0. The van der Waals surface area contributed by atoms with E-state index in [2.05, 4.69) is 4.72 Å². The van der Waals surface area contributed by atoms with Crippen LogP contribution in [0, 0.1) is 11.3 Å². The van der Waals surface area contributed by atoms with E-state index in [1.54, 1.807) is 18.2 Å². The first-order valence-corrected chi connectivity index (χ1v) is 7.61. The lowest BCUT2D eigenvalue weighted by molar-refractivity contribution is 0.571. The number of rotatable bonds is 5. The second-order valence-corrected chi connectivity index (χ2v) is 6.02. The van der Waals surface area contributed by atoms with E-state index in [9.17, 15) is 8.42 Å². The van der Waals surface area contributed by atoms with Crippen molar-refractivity contribution in [1.29, 1.82) is 5.26 Å². The molecule has 0 aliphatic rings. The predicted octanol–water partition coefficient (Wildman–Crippen LogP) is 2.10. The summed E-state index contributed by atoms with van der Waals surface area (Å²) in [5.74, 6) is 0. The zero-order chi connectivity index (χ0) is 14.4. The van der Waals surface area contributed by atoms with Crippen LogP contribution in [0.4, 0.5) is 0 Å². The van der Waals surface area contributed by atoms with Crippen LogP contribution in [0.25, 0.3) is 0 Å². The van der Waals surface area contributed by atoms with Crippen LogP contribution in [0.15, 0.2) is 65.6 Å². The summed E-state index contributed by atoms with van der Waals surface area (Å²) in [6, 6.07) is 18.5. The smallest absolute Gasteiger partial charge is 0.207 e. The van der Waals surface area contributed by atoms with Gasteiger partial charge < -0.3 is 0 Å². The van der Waals surface area contributed by atoms with Gasteiger partial charge in [0.05, 0.1) is 11.0 Å². The summed E-state index contributed by atoms with van der Waals surface area (Å²) in [4.78, 5) is 0.160. The zero-order valence-electron chi connectivity index (χ0n) is 10.7. The number of hydrogen-bond donors (Lipinski definition) is 1. The molecule has 102 valence electrons. The van der Waals surface area contributed by atoms with Gasteiger partial charge in [-0.05, 0) is 17.7 Å². The first-order valence-electron chi connectivity index (χ1n) is 6.13. The van der Waals surface area contributed by atoms with Crippen molar-refractivity contribution in [3.05, 3.63) is 66.2 Å². The van der Waals surface area contributed by atoms with Crippen LogP contribution in [0.3, 0.4) is 0 Å². The lowest BCUT2D eigenvalue weighted by atomic mass is 10.1. The summed E-state index contributed by atoms with van der Waals surface area (Å²) in [7, 11) is -3.66. The highest BCUT2D eigenvalue weighted by Crippen LogP contribution is 2.10. The van der Waals surface area contributed by atoms with E-state index >= 15 is 0 Å². The monoisotopic (exact) mass is 286 g/mol. The maximum atomic E-state index is 12.1. The van der Waals surface area contributed by atoms with E-state index in [1.165, 1.54) is 12.1 Å². The number of nitrogens with zero attached hydrogens (tertiary/aromatic N) is 1. The fraction of sp³-hybridized carbons (Fsp3) is 0.133. The van der Waals surface area contributed by atoms with Crippen LogP contribution in [0.2, 0.25) is 0 Å². The molecule has 0 aliphatic heterocycles. The van der Waals surface area contributed by atoms with Crippen LogP contribution in [0.5, 0.6) is 0 Å². The third kappa shape index (κ3) is 3.67. The topological polar surface area (TPSA) is 70.0 Å². The molecule has 20 heavy (non-hydrogen) atoms. The molecule has 0 bridgehead atoms. The fourth-order valence-electron chi connectivity index (χ4n) is 1.82. The molecule has 0 saturated heterocycles. The van der Waals surface area contributed by atoms with E-state index in [0.29, 0.717) is 6.42 Å². The first-order chi connectivity index (χ1) is 9.62. The Labute approximate surface area is 118 Å². The van der Waals surface area contributed by atoms with Gasteiger partial charge in [-0.1, -0.05) is 48.5 Å². The van der Waals surface area contributed by atoms with Crippen molar-refractivity contribution in [3.63, 3.8) is 0 Å². The van der Waals surface area contributed by atoms with Crippen LogP contribution < -0.4 is 4.72 Å². The van der Waals surface area contributed by atoms with Crippen molar-refractivity contribution in [3.8, 4) is 6.07 Å². The molecule has 0 saturated carbocycles. The highest BCUT2D eigenvalue weighted by atomic mass is 32.2. The summed E-state index contributed by atoms with van der Waals surface area (Å²) in [6.07, 6.45) is 0.337. The number of benzene rings is 2. The van der Waals surface area contributed by atoms with Crippen LogP contribution in [-0.4, -0.2) is 14.5 Å². The van der Waals surface area contributed by atoms with Gasteiger partial charge in [0, 0.05) is 6.42 Å². The Balaban J connectivity index is 2.13. The van der Waals surface area contributed by atoms with Crippen molar-refractivity contribution < 1.29 is 8.42 Å². The molecule has 2 aromatic carbocycles. The molecule has 0 spiro atoms. The quantitative estimate of drug-likeness (QED) is 0.915. The second-order valence-electron chi connectivity index (χ2n) is 4.31. The Bertz CT molecular complexity index is 692. The molecule has 0 fully saturated rings. The molecule has 1 atom stereocenters. The Morgan fingerprint density at radius 1 is 1.00 bits per heavy atom. The maximum absolute atomic E-state index is 12.1. The third-order valence-electron chi connectivity index (χ3n) is 2.79. The van der Waals surface area contributed by atoms with E-state index in [1.807, 2.05) is 36.4 Å². The van der Waals surface area contributed by atoms with Gasteiger partial charge in [-0.3, -0.25) is 0 Å². The largest absolute Gasteiger partial charge is 0.241 e. The van der Waals surface area contributed by atoms with E-state index in [0.717, 1.165) is 5.56 Å². The van der Waals surface area contributed by atoms with Gasteiger partial charge in [0.1, 0.15) is 6.04 Å². The zero-order valence-corrected chi connectivity index (χ0v) is 11.5. The molecule has 4 nitrogen and oxygen atoms in total. The lowest BCUT2D eigenvalue weighted by Crippen LogP contribution is -2.35. The summed E-state index contributed by atoms with van der Waals surface area (Å²) >= 11 is 0. The van der Waals surface area contributed by atoms with Gasteiger partial charge in [0.2, 0.25) is 10.0 Å². The Morgan fingerprint density at radius 2 is 1.55 bits per heavy atom. The molecular weight excluding hydrogens is 272 g/mol. The SMILES string of the molecule is N#C[C@@H](Cc1ccccc1)NS(=O)(=O)c1ccccc1. The number of sulfonamides is 1. The van der Waals surface area contributed by atoms with Gasteiger partial charge in [0.15, 0.2) is 0 Å². The molecule has 0 amide bonds. The van der Waals surface area contributed by atoms with Crippen LogP contribution in [0.1, 0.15) is 5.56 Å². The molecule has 2 aromatic rings. The van der Waals surface area contributed by atoms with Crippen LogP contribution in [-0.2, 0) is 16.4 Å². The second kappa shape index (κ2) is 6.33. The van der Waals surface area contributed by atoms with E-state index in [-0.39, 0.29) is 4.90 Å². The minimum absolute atomic E-state index is 0.160. The molecule has 0 unspecified atom stereocenters. The summed E-state index contributed by atoms with van der Waals surface area (Å²) in [5.41, 5.74) is 0.912. The Morgan fingerprint density at radius 3 is 2.10 bits per heavy atom. The molecule has 1 N–H and O–H groups in total. The highest BCUT2D eigenvalue weighted by molar-refractivity contribution is 7.89. The summed E-state index contributed by atoms with van der Waals surface area (Å²) < 4.78 is 26.7. The number of nitrogens with one attached hydrogen (secondary N) is 1. The molecule has 0 radical (unpaired) electrons. The van der Waals surface area contributed by atoms with Gasteiger partial charge in [-0.2, -0.15) is 9.98 Å². The molecule has 0 aliphatic carbocycles. The predicted molar refractivity (Wildman–Crippen MR) is 76.3 cm³/mol. The van der Waals surface area contributed by atoms with E-state index in [4.69, 9.17) is 5.26 Å². The van der Waals surface area contributed by atoms with Crippen molar-refractivity contribution in [2.45, 2.75) is 17.4 Å². The Hall–Kier alpha value is -2.16. The Kier molecular flexibility index (Phi) is 4.51. The van der Waals surface area contributed by atoms with Crippen molar-refractivity contribution >= 4 is 10.0 Å². The van der Waals surface area contributed by atoms with Gasteiger partial charge >= 0.3 is 0 Å². The molecular formula is C15H14N2O2S. The minimum Gasteiger partial charge on any atom is -0.207 e. The van der Waals surface area contributed by atoms with Crippen molar-refractivity contribution in [2.75, 3.05) is 0 Å². The lowest BCUT2D eigenvalue weighted by Gasteiger charge is -2.12. The summed E-state index contributed by atoms with van der Waals surface area (Å²) in [5, 5.41) is 9.12. The normalized spacial score (nSPS) is 12.6. The standard InChI is InChI=1S/C15H14N2O2S/c16-12-14(11-13-7-3-1-4-8-13)17-20(18,19)15-9-5-2-6-10-15/h1-10,14,17H,11H2/t14-/m1/s1. The van der Waals surface area contributed by atoms with Crippen molar-refractivity contribution in [1.82, 2.24) is 4.72 Å². The molecule has 0 heterocycles. The average Bonchev–Trinajstić information content (AvgIpc) is 2.48. The highest BCUT2D eigenvalue weighted by Gasteiger charge is 2.19. The fourth-order valence-corrected chi connectivity index (χ4v) is 2.98. The van der Waals surface area contributed by atoms with Gasteiger partial charge in [0.25, 0.3) is 0 Å². The van der Waals surface area contributed by atoms with Crippen LogP contribution >= 0.6 is 0 Å². The minimum atomic E-state index is -3.66. The number of hydrogen-bond acceptors (Lipinski definition) is 3. The molecule has 0 aromatic heterocycles.